The summed E-state index contributed by atoms with van der Waals surface area (Å²) < 4.78 is 16.3. The van der Waals surface area contributed by atoms with Gasteiger partial charge in [0, 0.05) is 45.8 Å². The molecule has 166 valence electrons. The lowest BCUT2D eigenvalue weighted by Crippen LogP contribution is -2.52. The minimum absolute atomic E-state index is 0. The number of nitrogens with zero attached hydrogens (tertiary/aromatic N) is 3. The van der Waals surface area contributed by atoms with Crippen molar-refractivity contribution in [1.82, 2.24) is 15.1 Å². The summed E-state index contributed by atoms with van der Waals surface area (Å²) >= 11 is 0. The van der Waals surface area contributed by atoms with Crippen LogP contribution < -0.4 is 14.8 Å². The smallest absolute Gasteiger partial charge is 0.231 e. The lowest BCUT2D eigenvalue weighted by Gasteiger charge is -2.36. The quantitative estimate of drug-likeness (QED) is 0.265. The normalized spacial score (nSPS) is 19.3. The number of rotatable bonds is 6. The van der Waals surface area contributed by atoms with Gasteiger partial charge in [0.05, 0.1) is 13.2 Å². The predicted octanol–water partition coefficient (Wildman–Crippen LogP) is 2.85. The summed E-state index contributed by atoms with van der Waals surface area (Å²) in [5.74, 6) is 2.76. The molecule has 0 spiro atoms. The Morgan fingerprint density at radius 2 is 1.97 bits per heavy atom. The van der Waals surface area contributed by atoms with Crippen LogP contribution in [0.4, 0.5) is 0 Å². The highest BCUT2D eigenvalue weighted by atomic mass is 127. The van der Waals surface area contributed by atoms with E-state index in [0.717, 1.165) is 89.3 Å². The molecule has 1 fully saturated rings. The zero-order valence-electron chi connectivity index (χ0n) is 17.8. The van der Waals surface area contributed by atoms with E-state index in [0.29, 0.717) is 6.79 Å². The number of hydrogen-bond donors (Lipinski definition) is 1. The molecule has 0 atom stereocenters. The maximum atomic E-state index is 5.50. The fourth-order valence-corrected chi connectivity index (χ4v) is 3.94. The van der Waals surface area contributed by atoms with E-state index in [1.54, 1.807) is 0 Å². The SMILES string of the molecule is CCNC(=NCCC1=CCOCC1)N1CCN(Cc2ccc3c(c2)OCO3)CC1.I. The van der Waals surface area contributed by atoms with E-state index in [-0.39, 0.29) is 24.0 Å². The van der Waals surface area contributed by atoms with E-state index in [1.165, 1.54) is 11.1 Å². The monoisotopic (exact) mass is 528 g/mol. The van der Waals surface area contributed by atoms with Gasteiger partial charge in [-0.25, -0.2) is 0 Å². The molecule has 3 aliphatic rings. The summed E-state index contributed by atoms with van der Waals surface area (Å²) in [6.45, 7) is 10.8. The summed E-state index contributed by atoms with van der Waals surface area (Å²) in [5, 5.41) is 3.47. The molecule has 0 aliphatic carbocycles. The maximum Gasteiger partial charge on any atom is 0.231 e. The van der Waals surface area contributed by atoms with Crippen molar-refractivity contribution in [2.75, 3.05) is 59.3 Å². The average molecular weight is 528 g/mol. The van der Waals surface area contributed by atoms with Crippen molar-refractivity contribution in [1.29, 1.82) is 0 Å². The lowest BCUT2D eigenvalue weighted by molar-refractivity contribution is 0.153. The number of piperazine rings is 1. The standard InChI is InChI=1S/C22H32N4O3.HI/c1-2-23-22(24-8-5-18-6-13-27-14-7-18)26-11-9-25(10-12-26)16-19-3-4-20-21(15-19)29-17-28-20;/h3-4,6,15H,2,5,7-14,16-17H2,1H3,(H,23,24);1H. The van der Waals surface area contributed by atoms with Gasteiger partial charge in [0.25, 0.3) is 0 Å². The second kappa shape index (κ2) is 11.8. The van der Waals surface area contributed by atoms with E-state index in [9.17, 15) is 0 Å². The first-order valence-corrected chi connectivity index (χ1v) is 10.7. The van der Waals surface area contributed by atoms with Crippen LogP contribution in [-0.2, 0) is 11.3 Å². The number of fused-ring (bicyclic) bond motifs is 1. The maximum absolute atomic E-state index is 5.50. The van der Waals surface area contributed by atoms with Gasteiger partial charge in [-0.05, 0) is 37.5 Å². The number of guanidine groups is 1. The van der Waals surface area contributed by atoms with Crippen molar-refractivity contribution in [2.24, 2.45) is 4.99 Å². The highest BCUT2D eigenvalue weighted by Gasteiger charge is 2.21. The second-order valence-corrected chi connectivity index (χ2v) is 7.62. The van der Waals surface area contributed by atoms with Crippen LogP contribution in [0.2, 0.25) is 0 Å². The first kappa shape index (κ1) is 23.1. The zero-order chi connectivity index (χ0) is 19.9. The van der Waals surface area contributed by atoms with Crippen LogP contribution in [0.1, 0.15) is 25.3 Å². The third-order valence-electron chi connectivity index (χ3n) is 5.60. The third kappa shape index (κ3) is 6.24. The van der Waals surface area contributed by atoms with Crippen molar-refractivity contribution >= 4 is 29.9 Å². The van der Waals surface area contributed by atoms with Gasteiger partial charge in [-0.15, -0.1) is 24.0 Å². The van der Waals surface area contributed by atoms with Crippen LogP contribution in [0.5, 0.6) is 11.5 Å². The molecule has 0 bridgehead atoms. The van der Waals surface area contributed by atoms with Crippen molar-refractivity contribution < 1.29 is 14.2 Å². The van der Waals surface area contributed by atoms with Gasteiger partial charge < -0.3 is 24.4 Å². The first-order valence-electron chi connectivity index (χ1n) is 10.7. The van der Waals surface area contributed by atoms with Crippen LogP contribution in [0.25, 0.3) is 0 Å². The van der Waals surface area contributed by atoms with E-state index in [4.69, 9.17) is 19.2 Å². The molecule has 0 unspecified atom stereocenters. The van der Waals surface area contributed by atoms with Crippen LogP contribution in [0.3, 0.4) is 0 Å². The van der Waals surface area contributed by atoms with Crippen LogP contribution in [0.15, 0.2) is 34.8 Å². The molecule has 1 N–H and O–H groups in total. The molecule has 0 radical (unpaired) electrons. The highest BCUT2D eigenvalue weighted by molar-refractivity contribution is 14.0. The van der Waals surface area contributed by atoms with Gasteiger partial charge in [0.2, 0.25) is 6.79 Å². The second-order valence-electron chi connectivity index (χ2n) is 7.62. The topological polar surface area (TPSA) is 58.6 Å². The highest BCUT2D eigenvalue weighted by Crippen LogP contribution is 2.32. The van der Waals surface area contributed by atoms with Gasteiger partial charge >= 0.3 is 0 Å². The molecule has 1 aromatic carbocycles. The molecule has 7 nitrogen and oxygen atoms in total. The van der Waals surface area contributed by atoms with Gasteiger partial charge in [-0.1, -0.05) is 17.7 Å². The third-order valence-corrected chi connectivity index (χ3v) is 5.60. The number of halogens is 1. The Balaban J connectivity index is 0.00000256. The molecule has 0 saturated carbocycles. The van der Waals surface area contributed by atoms with Gasteiger partial charge in [0.1, 0.15) is 0 Å². The number of hydrogen-bond acceptors (Lipinski definition) is 5. The molecule has 1 saturated heterocycles. The Bertz CT molecular complexity index is 748. The van der Waals surface area contributed by atoms with Gasteiger partial charge in [-0.3, -0.25) is 9.89 Å². The molecule has 1 aromatic rings. The molecule has 3 heterocycles. The summed E-state index contributed by atoms with van der Waals surface area (Å²) in [7, 11) is 0. The summed E-state index contributed by atoms with van der Waals surface area (Å²) in [6.07, 6.45) is 4.29. The van der Waals surface area contributed by atoms with Crippen LogP contribution in [0, 0.1) is 0 Å². The van der Waals surface area contributed by atoms with E-state index >= 15 is 0 Å². The largest absolute Gasteiger partial charge is 0.454 e. The lowest BCUT2D eigenvalue weighted by atomic mass is 10.1. The number of benzene rings is 1. The summed E-state index contributed by atoms with van der Waals surface area (Å²) in [4.78, 5) is 9.76. The van der Waals surface area contributed by atoms with Crippen molar-refractivity contribution in [3.05, 3.63) is 35.4 Å². The Morgan fingerprint density at radius 1 is 1.13 bits per heavy atom. The Kier molecular flexibility index (Phi) is 9.07. The number of aliphatic imine (C=N–C) groups is 1. The molecule has 0 aromatic heterocycles. The van der Waals surface area contributed by atoms with E-state index < -0.39 is 0 Å². The fraction of sp³-hybridized carbons (Fsp3) is 0.591. The molecule has 3 aliphatic heterocycles. The molecule has 4 rings (SSSR count). The fourth-order valence-electron chi connectivity index (χ4n) is 3.94. The summed E-state index contributed by atoms with van der Waals surface area (Å²) in [6, 6.07) is 6.25. The minimum atomic E-state index is 0. The van der Waals surface area contributed by atoms with Crippen molar-refractivity contribution in [3.8, 4) is 11.5 Å². The molecule has 30 heavy (non-hydrogen) atoms. The molecule has 0 amide bonds. The molecular formula is C22H33IN4O3. The Morgan fingerprint density at radius 3 is 2.73 bits per heavy atom. The van der Waals surface area contributed by atoms with Crippen LogP contribution in [-0.4, -0.2) is 75.0 Å². The van der Waals surface area contributed by atoms with Crippen LogP contribution >= 0.6 is 24.0 Å². The minimum Gasteiger partial charge on any atom is -0.454 e. The van der Waals surface area contributed by atoms with Gasteiger partial charge in [0.15, 0.2) is 17.5 Å². The van der Waals surface area contributed by atoms with E-state index in [2.05, 4.69) is 40.2 Å². The Labute approximate surface area is 196 Å². The predicted molar refractivity (Wildman–Crippen MR) is 129 cm³/mol. The average Bonchev–Trinajstić information content (AvgIpc) is 3.22. The first-order chi connectivity index (χ1) is 14.3. The number of ether oxygens (including phenoxy) is 3. The Hall–Kier alpha value is -1.52. The van der Waals surface area contributed by atoms with Crippen molar-refractivity contribution in [2.45, 2.75) is 26.3 Å². The summed E-state index contributed by atoms with van der Waals surface area (Å²) in [5.41, 5.74) is 2.75. The zero-order valence-corrected chi connectivity index (χ0v) is 20.1. The molecule has 8 heteroatoms. The number of nitrogens with one attached hydrogen (secondary N) is 1. The van der Waals surface area contributed by atoms with Crippen molar-refractivity contribution in [3.63, 3.8) is 0 Å². The van der Waals surface area contributed by atoms with Gasteiger partial charge in [-0.2, -0.15) is 0 Å². The van der Waals surface area contributed by atoms with E-state index in [1.807, 2.05) is 6.07 Å². The molecular weight excluding hydrogens is 495 g/mol.